The Balaban J connectivity index is 1.82. The third kappa shape index (κ3) is 2.20. The summed E-state index contributed by atoms with van der Waals surface area (Å²) in [5, 5.41) is 3.18. The lowest BCUT2D eigenvalue weighted by Gasteiger charge is -2.20. The van der Waals surface area contributed by atoms with E-state index in [9.17, 15) is 0 Å². The summed E-state index contributed by atoms with van der Waals surface area (Å²) < 4.78 is 0. The van der Waals surface area contributed by atoms with Crippen molar-refractivity contribution in [1.82, 2.24) is 4.90 Å². The molecule has 2 nitrogen and oxygen atoms in total. The molecule has 3 rings (SSSR count). The molecule has 0 amide bonds. The summed E-state index contributed by atoms with van der Waals surface area (Å²) in [4.78, 5) is 2.32. The molecule has 3 heteroatoms. The summed E-state index contributed by atoms with van der Waals surface area (Å²) in [6.45, 7) is 6.06. The Hall–Kier alpha value is -1.83. The first-order valence-corrected chi connectivity index (χ1v) is 7.36. The van der Waals surface area contributed by atoms with E-state index in [1.165, 1.54) is 22.3 Å². The second-order valence-electron chi connectivity index (χ2n) is 5.09. The quantitative estimate of drug-likeness (QED) is 0.649. The van der Waals surface area contributed by atoms with Gasteiger partial charge < -0.3 is 10.2 Å². The number of nitrogens with zero attached hydrogens (tertiary/aromatic N) is 1. The molecule has 0 saturated carbocycles. The largest absolute Gasteiger partial charge is 0.388 e. The van der Waals surface area contributed by atoms with Gasteiger partial charge in [-0.3, -0.25) is 0 Å². The zero-order valence-corrected chi connectivity index (χ0v) is 12.5. The van der Waals surface area contributed by atoms with Gasteiger partial charge in [0, 0.05) is 42.8 Å². The smallest absolute Gasteiger partial charge is 0.0442 e. The summed E-state index contributed by atoms with van der Waals surface area (Å²) in [6, 6.07) is 6.47. The molecule has 1 heterocycles. The third-order valence-electron chi connectivity index (χ3n) is 3.91. The van der Waals surface area contributed by atoms with Crippen LogP contribution >= 0.6 is 12.6 Å². The monoisotopic (exact) mass is 282 g/mol. The van der Waals surface area contributed by atoms with Crippen LogP contribution in [0.15, 0.2) is 53.8 Å². The molecule has 1 aromatic rings. The van der Waals surface area contributed by atoms with Gasteiger partial charge in [0.25, 0.3) is 0 Å². The van der Waals surface area contributed by atoms with Crippen LogP contribution in [0.3, 0.4) is 0 Å². The highest BCUT2D eigenvalue weighted by molar-refractivity contribution is 7.80. The fourth-order valence-corrected chi connectivity index (χ4v) is 2.98. The van der Waals surface area contributed by atoms with Gasteiger partial charge in [-0.1, -0.05) is 12.6 Å². The molecule has 1 aromatic carbocycles. The maximum Gasteiger partial charge on any atom is 0.0442 e. The van der Waals surface area contributed by atoms with E-state index in [2.05, 4.69) is 59.4 Å². The molecular weight excluding hydrogens is 264 g/mol. The Morgan fingerprint density at radius 1 is 1.35 bits per heavy atom. The van der Waals surface area contributed by atoms with Gasteiger partial charge in [-0.05, 0) is 41.0 Å². The van der Waals surface area contributed by atoms with Gasteiger partial charge in [0.05, 0.1) is 0 Å². The van der Waals surface area contributed by atoms with E-state index in [-0.39, 0.29) is 0 Å². The van der Waals surface area contributed by atoms with Crippen LogP contribution in [0.5, 0.6) is 0 Å². The van der Waals surface area contributed by atoms with Crippen LogP contribution in [-0.4, -0.2) is 24.2 Å². The van der Waals surface area contributed by atoms with Crippen molar-refractivity contribution in [2.24, 2.45) is 0 Å². The fourth-order valence-electron chi connectivity index (χ4n) is 2.69. The lowest BCUT2D eigenvalue weighted by molar-refractivity contribution is 0.448. The van der Waals surface area contributed by atoms with E-state index in [0.29, 0.717) is 0 Å². The molecule has 1 aliphatic heterocycles. The molecule has 1 N–H and O–H groups in total. The van der Waals surface area contributed by atoms with Gasteiger partial charge in [0.1, 0.15) is 0 Å². The third-order valence-corrected chi connectivity index (χ3v) is 4.25. The molecule has 0 bridgehead atoms. The number of nitrogens with one attached hydrogen (secondary N) is 1. The molecule has 0 atom stereocenters. The van der Waals surface area contributed by atoms with Crippen molar-refractivity contribution < 1.29 is 0 Å². The molecule has 0 fully saturated rings. The number of fused-ring (bicyclic) bond motifs is 1. The van der Waals surface area contributed by atoms with Crippen LogP contribution in [0, 0.1) is 0 Å². The topological polar surface area (TPSA) is 15.3 Å². The average molecular weight is 282 g/mol. The van der Waals surface area contributed by atoms with Crippen molar-refractivity contribution >= 4 is 24.0 Å². The number of rotatable bonds is 4. The minimum atomic E-state index is 0.760. The van der Waals surface area contributed by atoms with Crippen molar-refractivity contribution in [3.63, 3.8) is 0 Å². The van der Waals surface area contributed by atoms with E-state index < -0.39 is 0 Å². The van der Waals surface area contributed by atoms with E-state index in [4.69, 9.17) is 0 Å². The minimum Gasteiger partial charge on any atom is -0.388 e. The summed E-state index contributed by atoms with van der Waals surface area (Å²) >= 11 is 4.37. The van der Waals surface area contributed by atoms with E-state index in [1.807, 2.05) is 13.1 Å². The molecule has 0 saturated heterocycles. The molecule has 0 unspecified atom stereocenters. The van der Waals surface area contributed by atoms with E-state index in [0.717, 1.165) is 30.2 Å². The molecular formula is C17H18N2S. The molecule has 0 aromatic heterocycles. The van der Waals surface area contributed by atoms with Gasteiger partial charge in [0.15, 0.2) is 0 Å². The summed E-state index contributed by atoms with van der Waals surface area (Å²) in [7, 11) is 1.94. The van der Waals surface area contributed by atoms with Crippen molar-refractivity contribution in [3.8, 4) is 0 Å². The number of thiol groups is 1. The fraction of sp³-hybridized carbons (Fsp3) is 0.235. The molecule has 102 valence electrons. The number of hydrogen-bond acceptors (Lipinski definition) is 3. The Kier molecular flexibility index (Phi) is 3.47. The molecule has 0 radical (unpaired) electrons. The van der Waals surface area contributed by atoms with Crippen LogP contribution in [0.25, 0.3) is 5.70 Å². The second kappa shape index (κ2) is 5.28. The highest BCUT2D eigenvalue weighted by Gasteiger charge is 2.23. The van der Waals surface area contributed by atoms with Gasteiger partial charge in [-0.25, -0.2) is 0 Å². The zero-order valence-electron chi connectivity index (χ0n) is 11.6. The number of hydrogen-bond donors (Lipinski definition) is 2. The number of benzene rings is 1. The van der Waals surface area contributed by atoms with Crippen LogP contribution in [-0.2, 0) is 6.54 Å². The lowest BCUT2D eigenvalue weighted by atomic mass is 10.1. The van der Waals surface area contributed by atoms with E-state index in [1.54, 1.807) is 0 Å². The van der Waals surface area contributed by atoms with Crippen molar-refractivity contribution in [3.05, 3.63) is 64.9 Å². The number of anilines is 1. The Morgan fingerprint density at radius 3 is 2.90 bits per heavy atom. The highest BCUT2D eigenvalue weighted by Crippen LogP contribution is 2.34. The Morgan fingerprint density at radius 2 is 2.15 bits per heavy atom. The van der Waals surface area contributed by atoms with Gasteiger partial charge in [0.2, 0.25) is 0 Å². The normalized spacial score (nSPS) is 16.3. The zero-order chi connectivity index (χ0) is 14.1. The predicted octanol–water partition coefficient (Wildman–Crippen LogP) is 3.47. The molecule has 0 spiro atoms. The van der Waals surface area contributed by atoms with Crippen LogP contribution < -0.4 is 5.32 Å². The van der Waals surface area contributed by atoms with Crippen LogP contribution in [0.1, 0.15) is 11.1 Å². The lowest BCUT2D eigenvalue weighted by Crippen LogP contribution is -2.18. The maximum absolute atomic E-state index is 4.37. The first kappa shape index (κ1) is 13.2. The molecule has 2 aliphatic rings. The first-order chi connectivity index (χ1) is 9.72. The first-order valence-electron chi connectivity index (χ1n) is 6.73. The standard InChI is InChI=1S/C17H18N2S/c1-12-17-8-16(18-2)7-6-14(17)10-19(12)9-13-4-3-5-15(13)11-20/h4-8,18,20H,1,9-11H2,2H3. The Bertz CT molecular complexity index is 664. The molecule has 1 aliphatic carbocycles. The van der Waals surface area contributed by atoms with Crippen molar-refractivity contribution in [1.29, 1.82) is 0 Å². The summed E-state index contributed by atoms with van der Waals surface area (Å²) in [5.41, 5.74) is 10.5. The second-order valence-corrected chi connectivity index (χ2v) is 5.40. The van der Waals surface area contributed by atoms with Gasteiger partial charge in [-0.15, -0.1) is 5.73 Å². The average Bonchev–Trinajstić information content (AvgIpc) is 3.04. The van der Waals surface area contributed by atoms with Gasteiger partial charge in [-0.2, -0.15) is 12.6 Å². The van der Waals surface area contributed by atoms with Gasteiger partial charge >= 0.3 is 0 Å². The van der Waals surface area contributed by atoms with Crippen LogP contribution in [0.4, 0.5) is 5.69 Å². The predicted molar refractivity (Wildman–Crippen MR) is 89.0 cm³/mol. The Labute approximate surface area is 125 Å². The van der Waals surface area contributed by atoms with Crippen molar-refractivity contribution in [2.75, 3.05) is 24.7 Å². The summed E-state index contributed by atoms with van der Waals surface area (Å²) in [6.07, 6.45) is 4.08. The minimum absolute atomic E-state index is 0.760. The highest BCUT2D eigenvalue weighted by atomic mass is 32.1. The summed E-state index contributed by atoms with van der Waals surface area (Å²) in [5.74, 6) is 0.760. The van der Waals surface area contributed by atoms with Crippen molar-refractivity contribution in [2.45, 2.75) is 6.54 Å². The van der Waals surface area contributed by atoms with Crippen LogP contribution in [0.2, 0.25) is 0 Å². The SMILES string of the molecule is C=C1c2cc(NC)ccc2CN1CC1=C(CS)C=C=C1. The van der Waals surface area contributed by atoms with E-state index >= 15 is 0 Å². The maximum atomic E-state index is 4.37. The molecule has 20 heavy (non-hydrogen) atoms.